The lowest BCUT2D eigenvalue weighted by Gasteiger charge is -2.13. The maximum Gasteiger partial charge on any atom is -0.00990 e. The Labute approximate surface area is 120 Å². The summed E-state index contributed by atoms with van der Waals surface area (Å²) in [7, 11) is 0. The van der Waals surface area contributed by atoms with E-state index in [1.165, 1.54) is 38.2 Å². The third-order valence-corrected chi connectivity index (χ3v) is 4.09. The summed E-state index contributed by atoms with van der Waals surface area (Å²) >= 11 is 0. The van der Waals surface area contributed by atoms with Crippen molar-refractivity contribution in [3.8, 4) is 0 Å². The van der Waals surface area contributed by atoms with Crippen LogP contribution in [0.3, 0.4) is 0 Å². The first kappa shape index (κ1) is 12.9. The van der Waals surface area contributed by atoms with E-state index in [4.69, 9.17) is 0 Å². The summed E-state index contributed by atoms with van der Waals surface area (Å²) in [5, 5.41) is 5.45. The lowest BCUT2D eigenvalue weighted by atomic mass is 9.91. The van der Waals surface area contributed by atoms with Crippen LogP contribution in [0.2, 0.25) is 0 Å². The van der Waals surface area contributed by atoms with E-state index in [2.05, 4.69) is 75.4 Å². The zero-order valence-corrected chi connectivity index (χ0v) is 12.4. The normalized spacial score (nSPS) is 11.8. The lowest BCUT2D eigenvalue weighted by molar-refractivity contribution is 1.14. The van der Waals surface area contributed by atoms with Gasteiger partial charge in [0.25, 0.3) is 0 Å². The molecule has 0 saturated heterocycles. The minimum absolute atomic E-state index is 1.07. The molecule has 0 atom stereocenters. The van der Waals surface area contributed by atoms with Crippen molar-refractivity contribution in [1.82, 2.24) is 0 Å². The van der Waals surface area contributed by atoms with Crippen LogP contribution in [0.5, 0.6) is 0 Å². The monoisotopic (exact) mass is 260 g/mol. The van der Waals surface area contributed by atoms with Crippen LogP contribution in [-0.2, 0) is 6.42 Å². The fourth-order valence-corrected chi connectivity index (χ4v) is 3.10. The molecule has 100 valence electrons. The van der Waals surface area contributed by atoms with Crippen LogP contribution in [-0.4, -0.2) is 0 Å². The van der Waals surface area contributed by atoms with Crippen molar-refractivity contribution in [3.63, 3.8) is 0 Å². The Morgan fingerprint density at radius 1 is 0.900 bits per heavy atom. The average molecular weight is 260 g/mol. The number of rotatable bonds is 2. The van der Waals surface area contributed by atoms with Crippen molar-refractivity contribution in [2.45, 2.75) is 27.2 Å². The molecule has 0 amide bonds. The third-order valence-electron chi connectivity index (χ3n) is 4.09. The molecule has 3 rings (SSSR count). The highest BCUT2D eigenvalue weighted by atomic mass is 14.1. The first-order valence-electron chi connectivity index (χ1n) is 7.33. The van der Waals surface area contributed by atoms with Gasteiger partial charge in [0.2, 0.25) is 0 Å². The summed E-state index contributed by atoms with van der Waals surface area (Å²) in [5.74, 6) is 0. The molecule has 0 aliphatic carbocycles. The Hall–Kier alpha value is -2.08. The maximum atomic E-state index is 2.34. The second kappa shape index (κ2) is 5.13. The molecule has 0 spiro atoms. The molecule has 0 bridgehead atoms. The first-order valence-corrected chi connectivity index (χ1v) is 7.33. The van der Waals surface area contributed by atoms with E-state index in [1.54, 1.807) is 0 Å². The van der Waals surface area contributed by atoms with Gasteiger partial charge in [0.15, 0.2) is 0 Å². The van der Waals surface area contributed by atoms with E-state index in [0.29, 0.717) is 0 Å². The van der Waals surface area contributed by atoms with Gasteiger partial charge < -0.3 is 0 Å². The van der Waals surface area contributed by atoms with Gasteiger partial charge in [-0.2, -0.15) is 0 Å². The Morgan fingerprint density at radius 3 is 2.30 bits per heavy atom. The summed E-state index contributed by atoms with van der Waals surface area (Å²) in [6, 6.07) is 15.6. The molecule has 0 nitrogen and oxygen atoms in total. The zero-order valence-electron chi connectivity index (χ0n) is 12.4. The van der Waals surface area contributed by atoms with Crippen LogP contribution in [0.4, 0.5) is 0 Å². The number of allylic oxidation sites excluding steroid dienone is 1. The summed E-state index contributed by atoms with van der Waals surface area (Å²) in [6.45, 7) is 6.52. The van der Waals surface area contributed by atoms with Crippen molar-refractivity contribution in [2.24, 2.45) is 0 Å². The minimum Gasteiger partial charge on any atom is -0.0870 e. The predicted octanol–water partition coefficient (Wildman–Crippen LogP) is 5.90. The van der Waals surface area contributed by atoms with Gasteiger partial charge in [-0.05, 0) is 58.5 Å². The highest BCUT2D eigenvalue weighted by Crippen LogP contribution is 2.32. The van der Waals surface area contributed by atoms with Crippen LogP contribution < -0.4 is 0 Å². The van der Waals surface area contributed by atoms with E-state index in [0.717, 1.165) is 6.42 Å². The van der Waals surface area contributed by atoms with Gasteiger partial charge in [-0.15, -0.1) is 0 Å². The Morgan fingerprint density at radius 2 is 1.60 bits per heavy atom. The van der Waals surface area contributed by atoms with Crippen molar-refractivity contribution in [3.05, 3.63) is 65.2 Å². The highest BCUT2D eigenvalue weighted by molar-refractivity contribution is 6.11. The largest absolute Gasteiger partial charge is 0.0870 e. The van der Waals surface area contributed by atoms with Crippen molar-refractivity contribution in [2.75, 3.05) is 0 Å². The van der Waals surface area contributed by atoms with E-state index in [9.17, 15) is 0 Å². The van der Waals surface area contributed by atoms with E-state index in [1.807, 2.05) is 0 Å². The van der Waals surface area contributed by atoms with Crippen LogP contribution in [0, 0.1) is 6.92 Å². The lowest BCUT2D eigenvalue weighted by Crippen LogP contribution is -1.91. The summed E-state index contributed by atoms with van der Waals surface area (Å²) in [4.78, 5) is 0. The summed E-state index contributed by atoms with van der Waals surface area (Å²) in [5.41, 5.74) is 4.15. The number of fused-ring (bicyclic) bond motifs is 3. The first-order chi connectivity index (χ1) is 9.76. The SMILES string of the molecule is C/C=C\c1c(CC)ccc2c1cc(C)c1ccccc12. The molecular formula is C20H20. The average Bonchev–Trinajstić information content (AvgIpc) is 2.48. The molecule has 0 unspecified atom stereocenters. The van der Waals surface area contributed by atoms with Crippen molar-refractivity contribution >= 4 is 27.6 Å². The van der Waals surface area contributed by atoms with Crippen molar-refractivity contribution < 1.29 is 0 Å². The Balaban J connectivity index is 2.52. The van der Waals surface area contributed by atoms with E-state index >= 15 is 0 Å². The van der Waals surface area contributed by atoms with E-state index in [-0.39, 0.29) is 0 Å². The molecule has 0 aromatic heterocycles. The van der Waals surface area contributed by atoms with Gasteiger partial charge >= 0.3 is 0 Å². The second-order valence-corrected chi connectivity index (χ2v) is 5.33. The molecule has 0 fully saturated rings. The number of aryl methyl sites for hydroxylation is 2. The molecule has 0 heterocycles. The Bertz CT molecular complexity index is 807. The highest BCUT2D eigenvalue weighted by Gasteiger charge is 2.08. The molecule has 3 aromatic carbocycles. The van der Waals surface area contributed by atoms with Gasteiger partial charge in [0.05, 0.1) is 0 Å². The maximum absolute atomic E-state index is 2.34. The van der Waals surface area contributed by atoms with Gasteiger partial charge in [0, 0.05) is 0 Å². The third kappa shape index (κ3) is 1.92. The van der Waals surface area contributed by atoms with Crippen LogP contribution >= 0.6 is 0 Å². The molecule has 0 heteroatoms. The van der Waals surface area contributed by atoms with Crippen LogP contribution in [0.15, 0.2) is 48.5 Å². The number of benzene rings is 3. The summed E-state index contributed by atoms with van der Waals surface area (Å²) in [6.07, 6.45) is 5.45. The van der Waals surface area contributed by atoms with Crippen LogP contribution in [0.25, 0.3) is 27.6 Å². The fraction of sp³-hybridized carbons (Fsp3) is 0.200. The molecule has 0 aliphatic heterocycles. The van der Waals surface area contributed by atoms with Gasteiger partial charge in [-0.1, -0.05) is 61.5 Å². The van der Waals surface area contributed by atoms with Gasteiger partial charge in [0.1, 0.15) is 0 Å². The fourth-order valence-electron chi connectivity index (χ4n) is 3.10. The number of hydrogen-bond acceptors (Lipinski definition) is 0. The number of hydrogen-bond donors (Lipinski definition) is 0. The smallest absolute Gasteiger partial charge is 0.00990 e. The molecule has 3 aromatic rings. The van der Waals surface area contributed by atoms with Crippen molar-refractivity contribution in [1.29, 1.82) is 0 Å². The van der Waals surface area contributed by atoms with Gasteiger partial charge in [-0.3, -0.25) is 0 Å². The molecule has 0 aliphatic rings. The predicted molar refractivity (Wildman–Crippen MR) is 90.3 cm³/mol. The molecule has 0 radical (unpaired) electrons. The van der Waals surface area contributed by atoms with E-state index < -0.39 is 0 Å². The molecule has 0 N–H and O–H groups in total. The van der Waals surface area contributed by atoms with Crippen LogP contribution in [0.1, 0.15) is 30.5 Å². The topological polar surface area (TPSA) is 0 Å². The van der Waals surface area contributed by atoms with Gasteiger partial charge in [-0.25, -0.2) is 0 Å². The standard InChI is InChI=1S/C20H20/c1-4-8-17-15(5-2)11-12-19-18-10-7-6-9-16(18)14(3)13-20(17)19/h4,6-13H,5H2,1-3H3/b8-4-. The zero-order chi connectivity index (χ0) is 14.1. The molecule has 0 saturated carbocycles. The minimum atomic E-state index is 1.07. The summed E-state index contributed by atoms with van der Waals surface area (Å²) < 4.78 is 0. The molecule has 20 heavy (non-hydrogen) atoms. The quantitative estimate of drug-likeness (QED) is 0.503. The molecular weight excluding hydrogens is 240 g/mol. The second-order valence-electron chi connectivity index (χ2n) is 5.33. The Kier molecular flexibility index (Phi) is 3.31.